The van der Waals surface area contributed by atoms with Gasteiger partial charge >= 0.3 is 0 Å². The Morgan fingerprint density at radius 2 is 1.79 bits per heavy atom. The van der Waals surface area contributed by atoms with Crippen LogP contribution < -0.4 is 0 Å². The molecule has 0 aromatic heterocycles. The minimum atomic E-state index is -3.46. The maximum Gasteiger partial charge on any atom is 0.282 e. The van der Waals surface area contributed by atoms with Gasteiger partial charge < -0.3 is 9.84 Å². The third kappa shape index (κ3) is 3.66. The second-order valence-electron chi connectivity index (χ2n) is 5.15. The predicted molar refractivity (Wildman–Crippen MR) is 72.0 cm³/mol. The summed E-state index contributed by atoms with van der Waals surface area (Å²) in [5, 5.41) is 9.18. The summed E-state index contributed by atoms with van der Waals surface area (Å²) in [6.07, 6.45) is 5.14. The highest BCUT2D eigenvalue weighted by molar-refractivity contribution is 7.86. The normalized spacial score (nSPS) is 23.9. The lowest BCUT2D eigenvalue weighted by Gasteiger charge is -2.37. The summed E-state index contributed by atoms with van der Waals surface area (Å²) in [4.78, 5) is 0. The van der Waals surface area contributed by atoms with E-state index < -0.39 is 10.2 Å². The minimum absolute atomic E-state index is 0.0498. The van der Waals surface area contributed by atoms with Crippen LogP contribution in [0.3, 0.4) is 0 Å². The smallest absolute Gasteiger partial charge is 0.282 e. The van der Waals surface area contributed by atoms with Crippen LogP contribution in [0.25, 0.3) is 0 Å². The van der Waals surface area contributed by atoms with E-state index in [9.17, 15) is 13.5 Å². The first kappa shape index (κ1) is 15.2. The molecule has 1 heterocycles. The van der Waals surface area contributed by atoms with Gasteiger partial charge in [0, 0.05) is 25.7 Å². The van der Waals surface area contributed by atoms with Crippen molar-refractivity contribution in [2.24, 2.45) is 0 Å². The molecule has 0 amide bonds. The zero-order valence-electron chi connectivity index (χ0n) is 11.3. The maximum atomic E-state index is 12.7. The molecular weight excluding hydrogens is 268 g/mol. The molecule has 2 fully saturated rings. The molecule has 1 saturated carbocycles. The van der Waals surface area contributed by atoms with Crippen molar-refractivity contribution >= 4 is 10.2 Å². The lowest BCUT2D eigenvalue weighted by atomic mass is 9.95. The van der Waals surface area contributed by atoms with Crippen molar-refractivity contribution in [2.75, 3.05) is 39.5 Å². The van der Waals surface area contributed by atoms with Gasteiger partial charge in [0.15, 0.2) is 0 Å². The number of nitrogens with zero attached hydrogens (tertiary/aromatic N) is 2. The molecule has 0 bridgehead atoms. The largest absolute Gasteiger partial charge is 0.395 e. The van der Waals surface area contributed by atoms with Crippen LogP contribution in [0.4, 0.5) is 0 Å². The van der Waals surface area contributed by atoms with Crippen molar-refractivity contribution in [2.45, 2.75) is 38.1 Å². The fourth-order valence-electron chi connectivity index (χ4n) is 2.88. The molecule has 7 heteroatoms. The van der Waals surface area contributed by atoms with Crippen LogP contribution >= 0.6 is 0 Å². The van der Waals surface area contributed by atoms with Gasteiger partial charge in [0.05, 0.1) is 19.8 Å². The average molecular weight is 292 g/mol. The Morgan fingerprint density at radius 1 is 1.16 bits per heavy atom. The number of aliphatic hydroxyl groups is 1. The van der Waals surface area contributed by atoms with Crippen LogP contribution in [0.15, 0.2) is 0 Å². The van der Waals surface area contributed by atoms with Gasteiger partial charge in [0.25, 0.3) is 10.2 Å². The highest BCUT2D eigenvalue weighted by Crippen LogP contribution is 2.26. The van der Waals surface area contributed by atoms with Gasteiger partial charge in [-0.3, -0.25) is 0 Å². The maximum absolute atomic E-state index is 12.7. The third-order valence-corrected chi connectivity index (χ3v) is 5.99. The predicted octanol–water partition coefficient (Wildman–Crippen LogP) is 0.190. The lowest BCUT2D eigenvalue weighted by molar-refractivity contribution is 0.0677. The van der Waals surface area contributed by atoms with E-state index in [1.54, 1.807) is 0 Å². The van der Waals surface area contributed by atoms with Gasteiger partial charge in [-0.05, 0) is 12.8 Å². The standard InChI is InChI=1S/C12H24N2O4S/c15-9-6-14(12-4-2-1-3-5-12)19(16,17)13-7-10-18-11-8-13/h12,15H,1-11H2. The van der Waals surface area contributed by atoms with Crippen molar-refractivity contribution in [3.05, 3.63) is 0 Å². The molecule has 1 aliphatic heterocycles. The van der Waals surface area contributed by atoms with E-state index in [0.717, 1.165) is 25.7 Å². The molecule has 112 valence electrons. The zero-order chi connectivity index (χ0) is 13.7. The van der Waals surface area contributed by atoms with Crippen LogP contribution in [0.2, 0.25) is 0 Å². The molecule has 0 aromatic rings. The fourth-order valence-corrected chi connectivity index (χ4v) is 4.69. The quantitative estimate of drug-likeness (QED) is 0.785. The topological polar surface area (TPSA) is 70.1 Å². The Labute approximate surface area is 115 Å². The second kappa shape index (κ2) is 6.99. The van der Waals surface area contributed by atoms with Crippen LogP contribution in [-0.2, 0) is 14.9 Å². The van der Waals surface area contributed by atoms with E-state index in [2.05, 4.69) is 0 Å². The highest BCUT2D eigenvalue weighted by Gasteiger charge is 2.35. The first-order valence-electron chi connectivity index (χ1n) is 7.12. The molecular formula is C12H24N2O4S. The first-order valence-corrected chi connectivity index (χ1v) is 8.51. The molecule has 0 radical (unpaired) electrons. The molecule has 0 atom stereocenters. The molecule has 2 rings (SSSR count). The third-order valence-electron chi connectivity index (χ3n) is 3.90. The molecule has 0 unspecified atom stereocenters. The van der Waals surface area contributed by atoms with Crippen molar-refractivity contribution < 1.29 is 18.3 Å². The molecule has 0 aromatic carbocycles. The van der Waals surface area contributed by atoms with Crippen molar-refractivity contribution in [3.63, 3.8) is 0 Å². The Balaban J connectivity index is 2.11. The van der Waals surface area contributed by atoms with Gasteiger partial charge in [-0.25, -0.2) is 0 Å². The first-order chi connectivity index (χ1) is 9.16. The van der Waals surface area contributed by atoms with Gasteiger partial charge in [-0.1, -0.05) is 19.3 Å². The van der Waals surface area contributed by atoms with E-state index >= 15 is 0 Å². The number of ether oxygens (including phenoxy) is 1. The molecule has 2 aliphatic rings. The van der Waals surface area contributed by atoms with Crippen molar-refractivity contribution in [3.8, 4) is 0 Å². The summed E-state index contributed by atoms with van der Waals surface area (Å²) in [7, 11) is -3.46. The molecule has 19 heavy (non-hydrogen) atoms. The van der Waals surface area contributed by atoms with Gasteiger partial charge in [-0.15, -0.1) is 0 Å². The van der Waals surface area contributed by atoms with Crippen LogP contribution in [-0.4, -0.2) is 67.6 Å². The summed E-state index contributed by atoms with van der Waals surface area (Å²) in [5.74, 6) is 0. The average Bonchev–Trinajstić information content (AvgIpc) is 2.46. The van der Waals surface area contributed by atoms with E-state index in [1.807, 2.05) is 0 Å². The summed E-state index contributed by atoms with van der Waals surface area (Å²) >= 11 is 0. The van der Waals surface area contributed by atoms with Gasteiger partial charge in [0.2, 0.25) is 0 Å². The molecule has 0 spiro atoms. The van der Waals surface area contributed by atoms with Crippen LogP contribution in [0.1, 0.15) is 32.1 Å². The molecule has 6 nitrogen and oxygen atoms in total. The summed E-state index contributed by atoms with van der Waals surface area (Å²) in [5.41, 5.74) is 0. The van der Waals surface area contributed by atoms with Crippen molar-refractivity contribution in [1.82, 2.24) is 8.61 Å². The Morgan fingerprint density at radius 3 is 2.37 bits per heavy atom. The number of hydrogen-bond acceptors (Lipinski definition) is 4. The number of rotatable bonds is 5. The van der Waals surface area contributed by atoms with Crippen molar-refractivity contribution in [1.29, 1.82) is 0 Å². The SMILES string of the molecule is O=S(=O)(N1CCOCC1)N(CCO)C1CCCCC1. The zero-order valence-corrected chi connectivity index (χ0v) is 12.1. The monoisotopic (exact) mass is 292 g/mol. The minimum Gasteiger partial charge on any atom is -0.395 e. The van der Waals surface area contributed by atoms with E-state index in [0.29, 0.717) is 26.3 Å². The Kier molecular flexibility index (Phi) is 5.58. The van der Waals surface area contributed by atoms with Gasteiger partial charge in [-0.2, -0.15) is 17.0 Å². The fraction of sp³-hybridized carbons (Fsp3) is 1.00. The van der Waals surface area contributed by atoms with Crippen LogP contribution in [0.5, 0.6) is 0 Å². The van der Waals surface area contributed by atoms with Crippen LogP contribution in [0, 0.1) is 0 Å². The summed E-state index contributed by atoms with van der Waals surface area (Å²) in [6.45, 7) is 1.81. The number of morpholine rings is 1. The Bertz CT molecular complexity index is 362. The van der Waals surface area contributed by atoms with E-state index in [1.165, 1.54) is 15.0 Å². The molecule has 1 N–H and O–H groups in total. The Hall–Kier alpha value is -0.210. The van der Waals surface area contributed by atoms with Gasteiger partial charge in [0.1, 0.15) is 0 Å². The lowest BCUT2D eigenvalue weighted by Crippen LogP contribution is -2.53. The van der Waals surface area contributed by atoms with E-state index in [-0.39, 0.29) is 19.2 Å². The second-order valence-corrected chi connectivity index (χ2v) is 7.03. The molecule has 1 saturated heterocycles. The number of hydrogen-bond donors (Lipinski definition) is 1. The summed E-state index contributed by atoms with van der Waals surface area (Å²) in [6, 6.07) is 0.0498. The summed E-state index contributed by atoms with van der Waals surface area (Å²) < 4.78 is 33.5. The van der Waals surface area contributed by atoms with E-state index in [4.69, 9.17) is 4.74 Å². The molecule has 1 aliphatic carbocycles. The number of aliphatic hydroxyl groups excluding tert-OH is 1. The highest BCUT2D eigenvalue weighted by atomic mass is 32.2.